The summed E-state index contributed by atoms with van der Waals surface area (Å²) in [6.07, 6.45) is 8.01. The fraction of sp³-hybridized carbons (Fsp3) is 0.250. The summed E-state index contributed by atoms with van der Waals surface area (Å²) in [5, 5.41) is 0.894. The topological polar surface area (TPSA) is 3.24 Å². The Balaban J connectivity index is 2.85. The van der Waals surface area contributed by atoms with Gasteiger partial charge in [0.25, 0.3) is 0 Å². The van der Waals surface area contributed by atoms with E-state index in [2.05, 4.69) is 0 Å². The van der Waals surface area contributed by atoms with Crippen LogP contribution in [0.4, 0.5) is 0 Å². The highest BCUT2D eigenvalue weighted by molar-refractivity contribution is 7.63. The third-order valence-electron chi connectivity index (χ3n) is 1.32. The van der Waals surface area contributed by atoms with Crippen LogP contribution in [0.25, 0.3) is 0 Å². The molecule has 0 amide bonds. The summed E-state index contributed by atoms with van der Waals surface area (Å²) in [6.45, 7) is 0. The van der Waals surface area contributed by atoms with Crippen molar-refractivity contribution in [2.24, 2.45) is 0 Å². The first kappa shape index (κ1) is 7.35. The summed E-state index contributed by atoms with van der Waals surface area (Å²) in [6, 6.07) is 0. The Kier molecular flexibility index (Phi) is 2.12. The van der Waals surface area contributed by atoms with Crippen molar-refractivity contribution < 1.29 is 0 Å². The Bertz CT molecular complexity index is 197. The highest BCUT2D eigenvalue weighted by Gasteiger charge is 1.92. The largest absolute Gasteiger partial charge is 0.762 e. The van der Waals surface area contributed by atoms with Crippen LogP contribution < -0.4 is 0 Å². The van der Waals surface area contributed by atoms with E-state index in [-0.39, 0.29) is 0 Å². The van der Waals surface area contributed by atoms with Gasteiger partial charge < -0.3 is 17.5 Å². The fourth-order valence-corrected chi connectivity index (χ4v) is 0.911. The smallest absolute Gasteiger partial charge is 0.00399 e. The van der Waals surface area contributed by atoms with Gasteiger partial charge >= 0.3 is 0 Å². The van der Waals surface area contributed by atoms with E-state index < -0.39 is 0 Å². The molecule has 0 bridgehead atoms. The number of hydrogen-bond donors (Lipinski definition) is 0. The number of nitrogens with zero attached hydrogens (tertiary/aromatic N) is 1. The highest BCUT2D eigenvalue weighted by Crippen LogP contribution is 2.12. The fourth-order valence-electron chi connectivity index (χ4n) is 0.775. The van der Waals surface area contributed by atoms with Crippen LogP contribution in [0.15, 0.2) is 34.9 Å². The van der Waals surface area contributed by atoms with Gasteiger partial charge in [0, 0.05) is 14.1 Å². The summed E-state index contributed by atoms with van der Waals surface area (Å²) in [5.74, 6) is 0. The Labute approximate surface area is 67.1 Å². The minimum atomic E-state index is 0.894. The molecule has 1 aliphatic rings. The van der Waals surface area contributed by atoms with Gasteiger partial charge in [-0.25, -0.2) is 0 Å². The zero-order valence-corrected chi connectivity index (χ0v) is 6.98. The summed E-state index contributed by atoms with van der Waals surface area (Å²) in [7, 11) is 3.91. The molecule has 0 aromatic rings. The lowest BCUT2D eigenvalue weighted by Gasteiger charge is -2.24. The van der Waals surface area contributed by atoms with Gasteiger partial charge in [-0.2, -0.15) is 0 Å². The maximum absolute atomic E-state index is 5.12. The van der Waals surface area contributed by atoms with Gasteiger partial charge in [-0.15, -0.1) is 5.03 Å². The van der Waals surface area contributed by atoms with Gasteiger partial charge in [-0.05, 0) is 5.57 Å². The standard InChI is InChI=1S/C8H11NS/c1-9(2)8(10)7-5-3-4-6-7/h3-6,10H,1-2H3/p-1. The molecule has 1 nitrogen and oxygen atoms in total. The molecular formula is C8H10NS-. The van der Waals surface area contributed by atoms with Gasteiger partial charge in [0.15, 0.2) is 0 Å². The quantitative estimate of drug-likeness (QED) is 0.523. The molecule has 0 aliphatic heterocycles. The van der Waals surface area contributed by atoms with Crippen LogP contribution in [0.5, 0.6) is 0 Å². The zero-order chi connectivity index (χ0) is 7.56. The zero-order valence-electron chi connectivity index (χ0n) is 6.16. The second-order valence-corrected chi connectivity index (χ2v) is 2.76. The lowest BCUT2D eigenvalue weighted by molar-refractivity contribution is 0.548. The van der Waals surface area contributed by atoms with Crippen LogP contribution >= 0.6 is 0 Å². The predicted octanol–water partition coefficient (Wildman–Crippen LogP) is 1.43. The van der Waals surface area contributed by atoms with Crippen LogP contribution in [0.1, 0.15) is 0 Å². The average Bonchev–Trinajstić information content (AvgIpc) is 2.36. The van der Waals surface area contributed by atoms with Gasteiger partial charge in [0.05, 0.1) is 0 Å². The average molecular weight is 152 g/mol. The number of hydrogen-bond acceptors (Lipinski definition) is 2. The molecule has 0 N–H and O–H groups in total. The molecule has 1 rings (SSSR count). The van der Waals surface area contributed by atoms with E-state index in [1.54, 1.807) is 0 Å². The van der Waals surface area contributed by atoms with Crippen molar-refractivity contribution in [1.29, 1.82) is 0 Å². The first-order valence-corrected chi connectivity index (χ1v) is 3.56. The molecule has 0 heterocycles. The molecule has 0 unspecified atom stereocenters. The molecule has 0 fully saturated rings. The Morgan fingerprint density at radius 3 is 2.20 bits per heavy atom. The van der Waals surface area contributed by atoms with Crippen molar-refractivity contribution in [1.82, 2.24) is 4.90 Å². The van der Waals surface area contributed by atoms with E-state index in [9.17, 15) is 0 Å². The van der Waals surface area contributed by atoms with Crippen molar-refractivity contribution in [3.63, 3.8) is 0 Å². The van der Waals surface area contributed by atoms with E-state index in [0.29, 0.717) is 0 Å². The molecular weight excluding hydrogens is 142 g/mol. The van der Waals surface area contributed by atoms with E-state index >= 15 is 0 Å². The normalized spacial score (nSPS) is 14.4. The third-order valence-corrected chi connectivity index (χ3v) is 1.92. The van der Waals surface area contributed by atoms with Crippen molar-refractivity contribution >= 4 is 12.6 Å². The summed E-state index contributed by atoms with van der Waals surface area (Å²) in [4.78, 5) is 1.94. The highest BCUT2D eigenvalue weighted by atomic mass is 32.1. The monoisotopic (exact) mass is 152 g/mol. The lowest BCUT2D eigenvalue weighted by atomic mass is 10.3. The molecule has 0 spiro atoms. The first-order chi connectivity index (χ1) is 4.72. The molecule has 0 saturated heterocycles. The lowest BCUT2D eigenvalue weighted by Crippen LogP contribution is -2.09. The van der Waals surface area contributed by atoms with Crippen molar-refractivity contribution in [3.05, 3.63) is 34.9 Å². The second-order valence-electron chi connectivity index (χ2n) is 2.37. The van der Waals surface area contributed by atoms with Gasteiger partial charge in [-0.3, -0.25) is 0 Å². The molecule has 10 heavy (non-hydrogen) atoms. The maximum atomic E-state index is 5.12. The third kappa shape index (κ3) is 1.39. The first-order valence-electron chi connectivity index (χ1n) is 3.15. The van der Waals surface area contributed by atoms with Crippen molar-refractivity contribution in [2.75, 3.05) is 14.1 Å². The van der Waals surface area contributed by atoms with Crippen molar-refractivity contribution in [3.8, 4) is 0 Å². The van der Waals surface area contributed by atoms with Gasteiger partial charge in [0.2, 0.25) is 0 Å². The van der Waals surface area contributed by atoms with Crippen LogP contribution in [0, 0.1) is 0 Å². The second kappa shape index (κ2) is 2.88. The summed E-state index contributed by atoms with van der Waals surface area (Å²) < 4.78 is 0. The van der Waals surface area contributed by atoms with Crippen LogP contribution in [-0.2, 0) is 12.6 Å². The van der Waals surface area contributed by atoms with E-state index in [1.807, 2.05) is 43.3 Å². The van der Waals surface area contributed by atoms with E-state index in [0.717, 1.165) is 10.6 Å². The van der Waals surface area contributed by atoms with Crippen molar-refractivity contribution in [2.45, 2.75) is 0 Å². The van der Waals surface area contributed by atoms with E-state index in [1.165, 1.54) is 0 Å². The molecule has 0 atom stereocenters. The minimum Gasteiger partial charge on any atom is -0.762 e. The Morgan fingerprint density at radius 1 is 1.30 bits per heavy atom. The molecule has 0 aromatic carbocycles. The molecule has 1 aliphatic carbocycles. The van der Waals surface area contributed by atoms with Crippen LogP contribution in [0.2, 0.25) is 0 Å². The summed E-state index contributed by atoms with van der Waals surface area (Å²) >= 11 is 5.12. The SMILES string of the molecule is CN(C)C([S-])=C1C=CC=C1. The minimum absolute atomic E-state index is 0.894. The van der Waals surface area contributed by atoms with Crippen LogP contribution in [0.3, 0.4) is 0 Å². The predicted molar refractivity (Wildman–Crippen MR) is 46.4 cm³/mol. The van der Waals surface area contributed by atoms with Gasteiger partial charge in [-0.1, -0.05) is 24.3 Å². The van der Waals surface area contributed by atoms with Crippen LogP contribution in [-0.4, -0.2) is 19.0 Å². The molecule has 0 saturated carbocycles. The molecule has 0 radical (unpaired) electrons. The molecule has 0 aromatic heterocycles. The maximum Gasteiger partial charge on any atom is 0.00399 e. The molecule has 2 heteroatoms. The Morgan fingerprint density at radius 2 is 1.80 bits per heavy atom. The van der Waals surface area contributed by atoms with E-state index in [4.69, 9.17) is 12.6 Å². The Hall–Kier alpha value is -0.760. The number of rotatable bonds is 1. The molecule has 54 valence electrons. The summed E-state index contributed by atoms with van der Waals surface area (Å²) in [5.41, 5.74) is 1.12. The van der Waals surface area contributed by atoms with Gasteiger partial charge in [0.1, 0.15) is 0 Å². The number of allylic oxidation sites excluding steroid dienone is 5.